The van der Waals surface area contributed by atoms with Gasteiger partial charge in [0, 0.05) is 12.4 Å². The van der Waals surface area contributed by atoms with E-state index in [4.69, 9.17) is 9.47 Å². The molecule has 2 aromatic rings. The van der Waals surface area contributed by atoms with E-state index in [1.54, 1.807) is 34.5 Å². The van der Waals surface area contributed by atoms with Gasteiger partial charge in [0.2, 0.25) is 0 Å². The number of ether oxygens (including phenoxy) is 2. The Labute approximate surface area is 156 Å². The van der Waals surface area contributed by atoms with E-state index in [9.17, 15) is 9.59 Å². The summed E-state index contributed by atoms with van der Waals surface area (Å²) in [5.74, 6) is 0.902. The number of nitrogens with zero attached hydrogens (tertiary/aromatic N) is 2. The number of thioether (sulfide) groups is 1. The van der Waals surface area contributed by atoms with Gasteiger partial charge in [0.1, 0.15) is 0 Å². The molecule has 1 saturated heterocycles. The average molecular weight is 376 g/mol. The normalized spacial score (nSPS) is 17.2. The molecule has 7 heteroatoms. The fraction of sp³-hybridized carbons (Fsp3) is 0.526. The Hall–Kier alpha value is -1.86. The maximum atomic E-state index is 13.1. The number of methoxy groups -OCH3 is 1. The number of benzene rings is 1. The molecule has 0 bridgehead atoms. The van der Waals surface area contributed by atoms with Crippen molar-refractivity contribution in [2.45, 2.75) is 44.5 Å². The number of carbonyl (C=O) groups is 1. The van der Waals surface area contributed by atoms with Gasteiger partial charge >= 0.3 is 5.97 Å². The van der Waals surface area contributed by atoms with Crippen LogP contribution in [0.15, 0.2) is 28.2 Å². The minimum absolute atomic E-state index is 0.0553. The van der Waals surface area contributed by atoms with Crippen molar-refractivity contribution >= 4 is 28.6 Å². The van der Waals surface area contributed by atoms with Crippen LogP contribution in [0.3, 0.4) is 0 Å². The van der Waals surface area contributed by atoms with E-state index in [2.05, 4.69) is 18.8 Å². The molecule has 1 aromatic heterocycles. The number of hydrogen-bond donors (Lipinski definition) is 0. The van der Waals surface area contributed by atoms with Gasteiger partial charge in [-0.1, -0.05) is 25.6 Å². The zero-order chi connectivity index (χ0) is 18.7. The van der Waals surface area contributed by atoms with E-state index in [1.807, 2.05) is 0 Å². The summed E-state index contributed by atoms with van der Waals surface area (Å²) >= 11 is 1.57. The summed E-state index contributed by atoms with van der Waals surface area (Å²) in [6.07, 6.45) is 2.04. The summed E-state index contributed by atoms with van der Waals surface area (Å²) in [7, 11) is 1.34. The Kier molecular flexibility index (Phi) is 5.98. The summed E-state index contributed by atoms with van der Waals surface area (Å²) in [6.45, 7) is 5.52. The number of carbonyl (C=O) groups excluding carboxylic acids is 1. The molecule has 0 radical (unpaired) electrons. The highest BCUT2D eigenvalue weighted by Gasteiger charge is 2.21. The maximum Gasteiger partial charge on any atom is 0.337 e. The van der Waals surface area contributed by atoms with Crippen LogP contribution in [0.2, 0.25) is 0 Å². The number of esters is 1. The van der Waals surface area contributed by atoms with E-state index >= 15 is 0 Å². The van der Waals surface area contributed by atoms with Crippen molar-refractivity contribution in [1.29, 1.82) is 0 Å². The average Bonchev–Trinajstić information content (AvgIpc) is 3.14. The monoisotopic (exact) mass is 376 g/mol. The lowest BCUT2D eigenvalue weighted by atomic mass is 10.1. The van der Waals surface area contributed by atoms with Crippen LogP contribution in [0, 0.1) is 5.92 Å². The van der Waals surface area contributed by atoms with E-state index in [0.29, 0.717) is 34.1 Å². The minimum atomic E-state index is -0.436. The highest BCUT2D eigenvalue weighted by molar-refractivity contribution is 7.99. The highest BCUT2D eigenvalue weighted by atomic mass is 32.2. The molecule has 140 valence electrons. The Bertz CT molecular complexity index is 856. The van der Waals surface area contributed by atoms with Crippen LogP contribution in [0.25, 0.3) is 10.9 Å². The molecular weight excluding hydrogens is 352 g/mol. The first-order chi connectivity index (χ1) is 12.5. The number of aromatic nitrogens is 2. The minimum Gasteiger partial charge on any atom is -0.465 e. The Morgan fingerprint density at radius 2 is 2.27 bits per heavy atom. The summed E-state index contributed by atoms with van der Waals surface area (Å²) in [4.78, 5) is 29.5. The molecule has 2 heterocycles. The third kappa shape index (κ3) is 4.10. The van der Waals surface area contributed by atoms with Gasteiger partial charge in [-0.2, -0.15) is 0 Å². The second-order valence-corrected chi connectivity index (χ2v) is 7.86. The zero-order valence-corrected chi connectivity index (χ0v) is 16.2. The van der Waals surface area contributed by atoms with Gasteiger partial charge in [-0.05, 0) is 37.0 Å². The van der Waals surface area contributed by atoms with Crippen molar-refractivity contribution in [3.63, 3.8) is 0 Å². The Morgan fingerprint density at radius 3 is 2.92 bits per heavy atom. The molecule has 26 heavy (non-hydrogen) atoms. The second-order valence-electron chi connectivity index (χ2n) is 6.87. The molecule has 1 aromatic carbocycles. The lowest BCUT2D eigenvalue weighted by Crippen LogP contribution is -2.29. The van der Waals surface area contributed by atoms with Crippen molar-refractivity contribution in [3.05, 3.63) is 34.1 Å². The largest absolute Gasteiger partial charge is 0.465 e. The van der Waals surface area contributed by atoms with Crippen molar-refractivity contribution in [2.75, 3.05) is 19.5 Å². The Morgan fingerprint density at radius 1 is 1.46 bits per heavy atom. The molecule has 1 fully saturated rings. The van der Waals surface area contributed by atoms with Gasteiger partial charge < -0.3 is 9.47 Å². The number of fused-ring (bicyclic) bond motifs is 1. The molecule has 0 N–H and O–H groups in total. The van der Waals surface area contributed by atoms with Crippen molar-refractivity contribution in [3.8, 4) is 0 Å². The van der Waals surface area contributed by atoms with Crippen molar-refractivity contribution in [1.82, 2.24) is 9.55 Å². The van der Waals surface area contributed by atoms with Gasteiger partial charge in [-0.15, -0.1) is 0 Å². The van der Waals surface area contributed by atoms with E-state index in [1.165, 1.54) is 7.11 Å². The van der Waals surface area contributed by atoms with Gasteiger partial charge in [0.05, 0.1) is 36.2 Å². The molecule has 0 saturated carbocycles. The topological polar surface area (TPSA) is 70.4 Å². The van der Waals surface area contributed by atoms with Crippen LogP contribution in [-0.2, 0) is 16.0 Å². The molecule has 1 aliphatic heterocycles. The van der Waals surface area contributed by atoms with Crippen LogP contribution in [-0.4, -0.2) is 41.1 Å². The predicted octanol–water partition coefficient (Wildman–Crippen LogP) is 3.11. The molecule has 1 unspecified atom stereocenters. The Balaban J connectivity index is 2.06. The molecule has 3 rings (SSSR count). The molecule has 0 aliphatic carbocycles. The molecule has 0 spiro atoms. The zero-order valence-electron chi connectivity index (χ0n) is 15.4. The van der Waals surface area contributed by atoms with Gasteiger partial charge in [-0.25, -0.2) is 9.78 Å². The lowest BCUT2D eigenvalue weighted by molar-refractivity contribution is 0.0601. The SMILES string of the molecule is COC(=O)c1ccc2c(=O)n(CC3CCCO3)c(SCC(C)C)nc2c1. The first kappa shape index (κ1) is 18.9. The maximum absolute atomic E-state index is 13.1. The molecular formula is C19H24N2O4S. The van der Waals surface area contributed by atoms with Gasteiger partial charge in [0.25, 0.3) is 5.56 Å². The van der Waals surface area contributed by atoms with Crippen molar-refractivity contribution in [2.24, 2.45) is 5.92 Å². The van der Waals surface area contributed by atoms with Crippen LogP contribution in [0.5, 0.6) is 0 Å². The smallest absolute Gasteiger partial charge is 0.337 e. The predicted molar refractivity (Wildman–Crippen MR) is 102 cm³/mol. The van der Waals surface area contributed by atoms with Crippen LogP contribution in [0.1, 0.15) is 37.0 Å². The summed E-state index contributed by atoms with van der Waals surface area (Å²) in [6, 6.07) is 4.88. The van der Waals surface area contributed by atoms with Crippen molar-refractivity contribution < 1.29 is 14.3 Å². The molecule has 1 aliphatic rings. The fourth-order valence-corrected chi connectivity index (χ4v) is 3.91. The summed E-state index contributed by atoms with van der Waals surface area (Å²) in [5.41, 5.74) is 0.824. The van der Waals surface area contributed by atoms with Crippen LogP contribution < -0.4 is 5.56 Å². The molecule has 6 nitrogen and oxygen atoms in total. The third-order valence-corrected chi connectivity index (χ3v) is 5.70. The molecule has 1 atom stereocenters. The van der Waals surface area contributed by atoms with Crippen LogP contribution in [0.4, 0.5) is 0 Å². The highest BCUT2D eigenvalue weighted by Crippen LogP contribution is 2.23. The lowest BCUT2D eigenvalue weighted by Gasteiger charge is -2.17. The van der Waals surface area contributed by atoms with E-state index < -0.39 is 5.97 Å². The first-order valence-electron chi connectivity index (χ1n) is 8.87. The summed E-state index contributed by atoms with van der Waals surface area (Å²) in [5, 5.41) is 1.18. The standard InChI is InChI=1S/C19H24N2O4S/c1-12(2)11-26-19-20-16-9-13(18(23)24-3)6-7-15(16)17(22)21(19)10-14-5-4-8-25-14/h6-7,9,12,14H,4-5,8,10-11H2,1-3H3. The number of rotatable bonds is 6. The first-order valence-corrected chi connectivity index (χ1v) is 9.85. The third-order valence-electron chi connectivity index (χ3n) is 4.30. The molecule has 0 amide bonds. The van der Waals surface area contributed by atoms with E-state index in [-0.39, 0.29) is 11.7 Å². The number of hydrogen-bond acceptors (Lipinski definition) is 6. The fourth-order valence-electron chi connectivity index (χ4n) is 2.95. The van der Waals surface area contributed by atoms with Gasteiger partial charge in [0.15, 0.2) is 5.16 Å². The quantitative estimate of drug-likeness (QED) is 0.438. The summed E-state index contributed by atoms with van der Waals surface area (Å²) < 4.78 is 12.2. The van der Waals surface area contributed by atoms with Crippen LogP contribution >= 0.6 is 11.8 Å². The van der Waals surface area contributed by atoms with E-state index in [0.717, 1.165) is 25.2 Å². The second kappa shape index (κ2) is 8.22. The van der Waals surface area contributed by atoms with Gasteiger partial charge in [-0.3, -0.25) is 9.36 Å².